The van der Waals surface area contributed by atoms with E-state index in [9.17, 15) is 18.6 Å². The summed E-state index contributed by atoms with van der Waals surface area (Å²) in [5, 5.41) is 0. The smallest absolute Gasteiger partial charge is 0.380 e. The van der Waals surface area contributed by atoms with E-state index in [-0.39, 0.29) is 0 Å². The van der Waals surface area contributed by atoms with Crippen molar-refractivity contribution in [3.05, 3.63) is 0 Å². The first-order valence-corrected chi connectivity index (χ1v) is 13.5. The summed E-state index contributed by atoms with van der Waals surface area (Å²) in [6.45, 7) is -0.591. The van der Waals surface area contributed by atoms with E-state index in [2.05, 4.69) is 13.1 Å². The Hall–Kier alpha value is 1.09. The predicted molar refractivity (Wildman–Crippen MR) is 89.7 cm³/mol. The molecule has 0 aromatic rings. The Morgan fingerprint density at radius 1 is 1.16 bits per heavy atom. The average molecular weight is 460 g/mol. The Balaban J connectivity index is 2.57. The first kappa shape index (κ1) is 24.1. The predicted octanol–water partition coefficient (Wildman–Crippen LogP) is 0.967. The molecule has 0 amide bonds. The van der Waals surface area contributed by atoms with Crippen molar-refractivity contribution in [1.82, 2.24) is 0 Å². The number of phosphoric acid groups is 3. The topological polar surface area (TPSA) is 178 Å². The Morgan fingerprint density at radius 3 is 2.36 bits per heavy atom. The molecule has 4 N–H and O–H groups in total. The van der Waals surface area contributed by atoms with Crippen molar-refractivity contribution in [2.75, 3.05) is 18.8 Å². The zero-order chi connectivity index (χ0) is 19.3. The van der Waals surface area contributed by atoms with E-state index in [1.54, 1.807) is 0 Å². The van der Waals surface area contributed by atoms with Crippen molar-refractivity contribution in [2.24, 2.45) is 0 Å². The van der Waals surface area contributed by atoms with Gasteiger partial charge in [0, 0.05) is 6.00 Å². The van der Waals surface area contributed by atoms with E-state index in [1.165, 1.54) is 21.6 Å². The Labute approximate surface area is 152 Å². The zero-order valence-electron chi connectivity index (χ0n) is 12.6. The van der Waals surface area contributed by atoms with Crippen molar-refractivity contribution in [3.8, 4) is 0 Å². The maximum atomic E-state index is 11.6. The summed E-state index contributed by atoms with van der Waals surface area (Å²) in [4.78, 5) is 35.3. The molecule has 0 spiro atoms. The minimum absolute atomic E-state index is 0.291. The molecule has 5 atom stereocenters. The summed E-state index contributed by atoms with van der Waals surface area (Å²) in [6.07, 6.45) is 0.723. The SMILES string of the molecule is [B][C@H]1CC(OCSSC)[C@@H](COP(=O)(O)OP(=O)(O)OP(=O)(O)O)O1. The molecule has 0 aliphatic carbocycles. The quantitative estimate of drug-likeness (QED) is 0.113. The highest BCUT2D eigenvalue weighted by atomic mass is 33.1. The van der Waals surface area contributed by atoms with Crippen LogP contribution in [0, 0.1) is 0 Å². The van der Waals surface area contributed by atoms with Gasteiger partial charge in [0.15, 0.2) is 0 Å². The summed E-state index contributed by atoms with van der Waals surface area (Å²) >= 11 is 0. The van der Waals surface area contributed by atoms with Gasteiger partial charge in [-0.05, 0) is 12.7 Å². The fourth-order valence-electron chi connectivity index (χ4n) is 1.70. The monoisotopic (exact) mass is 460 g/mol. The number of ether oxygens (including phenoxy) is 2. The van der Waals surface area contributed by atoms with Crippen LogP contribution in [0.15, 0.2) is 0 Å². The van der Waals surface area contributed by atoms with E-state index in [0.29, 0.717) is 12.4 Å². The standard InChI is InChI=1S/C7H16BO12P3S2/c1-24-25-4-16-5-2-7(8)18-6(5)3-17-22(12,13)20-23(14,15)19-21(9,10)11/h5-7H,2-4H2,1H3,(H,12,13)(H,14,15)(H2,9,10,11)/t5?,6-,7-/m1/s1. The fourth-order valence-corrected chi connectivity index (χ4v) is 5.52. The van der Waals surface area contributed by atoms with Crippen LogP contribution in [0.25, 0.3) is 0 Å². The van der Waals surface area contributed by atoms with Crippen molar-refractivity contribution >= 4 is 52.9 Å². The van der Waals surface area contributed by atoms with E-state index in [0.717, 1.165) is 0 Å². The second-order valence-electron chi connectivity index (χ2n) is 4.44. The van der Waals surface area contributed by atoms with Crippen LogP contribution in [0.5, 0.6) is 0 Å². The normalized spacial score (nSPS) is 29.2. The molecule has 18 heteroatoms. The second kappa shape index (κ2) is 10.0. The molecule has 0 aromatic carbocycles. The van der Waals surface area contributed by atoms with E-state index >= 15 is 0 Å². The lowest BCUT2D eigenvalue weighted by molar-refractivity contribution is -0.0237. The van der Waals surface area contributed by atoms with E-state index < -0.39 is 48.3 Å². The summed E-state index contributed by atoms with van der Waals surface area (Å²) in [5.74, 6) is 0.299. The number of hydrogen-bond donors (Lipinski definition) is 4. The van der Waals surface area contributed by atoms with Gasteiger partial charge in [-0.1, -0.05) is 21.6 Å². The molecule has 1 rings (SSSR count). The van der Waals surface area contributed by atoms with Crippen LogP contribution < -0.4 is 0 Å². The third kappa shape index (κ3) is 10.3. The van der Waals surface area contributed by atoms with Gasteiger partial charge in [0.05, 0.1) is 12.7 Å². The van der Waals surface area contributed by atoms with Gasteiger partial charge in [0.2, 0.25) is 0 Å². The number of phosphoric ester groups is 1. The summed E-state index contributed by atoms with van der Waals surface area (Å²) in [6, 6.07) is -0.696. The van der Waals surface area contributed by atoms with Gasteiger partial charge in [-0.2, -0.15) is 8.62 Å². The Morgan fingerprint density at radius 2 is 1.80 bits per heavy atom. The third-order valence-corrected chi connectivity index (χ3v) is 7.76. The minimum atomic E-state index is -5.55. The largest absolute Gasteiger partial charge is 0.490 e. The molecule has 0 aromatic heterocycles. The second-order valence-corrected chi connectivity index (χ2v) is 11.4. The van der Waals surface area contributed by atoms with Gasteiger partial charge in [-0.25, -0.2) is 13.7 Å². The maximum Gasteiger partial charge on any atom is 0.490 e. The highest BCUT2D eigenvalue weighted by Crippen LogP contribution is 2.66. The molecule has 1 aliphatic rings. The van der Waals surface area contributed by atoms with Crippen LogP contribution in [0.2, 0.25) is 0 Å². The van der Waals surface area contributed by atoms with Gasteiger partial charge in [0.25, 0.3) is 0 Å². The van der Waals surface area contributed by atoms with Crippen LogP contribution in [-0.2, 0) is 36.3 Å². The number of rotatable bonds is 11. The highest BCUT2D eigenvalue weighted by molar-refractivity contribution is 8.76. The lowest BCUT2D eigenvalue weighted by Gasteiger charge is -2.21. The van der Waals surface area contributed by atoms with Gasteiger partial charge in [0.1, 0.15) is 19.9 Å². The van der Waals surface area contributed by atoms with Gasteiger partial charge in [-0.3, -0.25) is 4.52 Å². The van der Waals surface area contributed by atoms with Crippen molar-refractivity contribution in [3.63, 3.8) is 0 Å². The maximum absolute atomic E-state index is 11.6. The molecular formula is C7H16BO12P3S2. The average Bonchev–Trinajstić information content (AvgIpc) is 2.73. The van der Waals surface area contributed by atoms with Crippen molar-refractivity contribution < 1.29 is 55.9 Å². The summed E-state index contributed by atoms with van der Waals surface area (Å²) < 4.78 is 55.8. The fraction of sp³-hybridized carbons (Fsp3) is 1.00. The van der Waals surface area contributed by atoms with Gasteiger partial charge >= 0.3 is 23.5 Å². The molecule has 1 fully saturated rings. The molecule has 1 aliphatic heterocycles. The Kier molecular flexibility index (Phi) is 9.69. The molecule has 1 heterocycles. The molecule has 1 saturated heterocycles. The molecular weight excluding hydrogens is 444 g/mol. The summed E-state index contributed by atoms with van der Waals surface area (Å²) in [5.41, 5.74) is 0. The van der Waals surface area contributed by atoms with Crippen LogP contribution in [0.1, 0.15) is 6.42 Å². The molecule has 2 radical (unpaired) electrons. The van der Waals surface area contributed by atoms with Crippen LogP contribution in [0.3, 0.4) is 0 Å². The van der Waals surface area contributed by atoms with Crippen molar-refractivity contribution in [2.45, 2.75) is 24.6 Å². The highest BCUT2D eigenvalue weighted by Gasteiger charge is 2.42. The third-order valence-electron chi connectivity index (χ3n) is 2.49. The number of hydrogen-bond acceptors (Lipinski definition) is 10. The van der Waals surface area contributed by atoms with Gasteiger partial charge in [-0.15, -0.1) is 0 Å². The summed E-state index contributed by atoms with van der Waals surface area (Å²) in [7, 11) is -7.71. The lowest BCUT2D eigenvalue weighted by Crippen LogP contribution is -2.28. The lowest BCUT2D eigenvalue weighted by atomic mass is 9.96. The van der Waals surface area contributed by atoms with Gasteiger partial charge < -0.3 is 29.0 Å². The Bertz CT molecular complexity index is 573. The van der Waals surface area contributed by atoms with E-state index in [1.807, 2.05) is 6.26 Å². The molecule has 12 nitrogen and oxygen atoms in total. The first-order valence-electron chi connectivity index (χ1n) is 6.30. The first-order chi connectivity index (χ1) is 11.3. The molecule has 25 heavy (non-hydrogen) atoms. The van der Waals surface area contributed by atoms with E-state index in [4.69, 9.17) is 32.0 Å². The molecule has 3 unspecified atom stereocenters. The van der Waals surface area contributed by atoms with Crippen LogP contribution in [0.4, 0.5) is 0 Å². The van der Waals surface area contributed by atoms with Crippen LogP contribution in [-0.4, -0.2) is 64.4 Å². The van der Waals surface area contributed by atoms with Crippen molar-refractivity contribution in [1.29, 1.82) is 0 Å². The minimum Gasteiger partial charge on any atom is -0.380 e. The molecule has 0 bridgehead atoms. The zero-order valence-corrected chi connectivity index (χ0v) is 17.0. The molecule has 146 valence electrons. The van der Waals surface area contributed by atoms with Crippen LogP contribution >= 0.6 is 45.1 Å². The molecule has 0 saturated carbocycles.